The van der Waals surface area contributed by atoms with Crippen LogP contribution >= 0.6 is 11.6 Å². The van der Waals surface area contributed by atoms with E-state index in [2.05, 4.69) is 10.4 Å². The van der Waals surface area contributed by atoms with E-state index in [0.717, 1.165) is 29.3 Å². The smallest absolute Gasteiger partial charge is 0.248 e. The molecule has 1 aromatic heterocycles. The predicted octanol–water partition coefficient (Wildman–Crippen LogP) is 5.00. The molecule has 0 saturated heterocycles. The van der Waals surface area contributed by atoms with Crippen molar-refractivity contribution in [2.75, 3.05) is 12.1 Å². The Balaban J connectivity index is 2.01. The number of carbonyl (C=O) groups excluding carboxylic acids is 1. The number of amides is 1. The molecule has 1 N–H and O–H groups in total. The third-order valence-corrected chi connectivity index (χ3v) is 5.60. The molecule has 32 heavy (non-hydrogen) atoms. The molecule has 4 rings (SSSR count). The summed E-state index contributed by atoms with van der Waals surface area (Å²) in [5.41, 5.74) is -2.06. The number of hydrazone groups is 1. The third kappa shape index (κ3) is 3.42. The number of hydrogen-bond acceptors (Lipinski definition) is 4. The van der Waals surface area contributed by atoms with Crippen LogP contribution in [0.4, 0.5) is 23.2 Å². The highest BCUT2D eigenvalue weighted by molar-refractivity contribution is 6.28. The summed E-state index contributed by atoms with van der Waals surface area (Å²) < 4.78 is 62.2. The van der Waals surface area contributed by atoms with Gasteiger partial charge in [0, 0.05) is 24.7 Å². The van der Waals surface area contributed by atoms with Crippen molar-refractivity contribution in [1.82, 2.24) is 5.32 Å². The van der Waals surface area contributed by atoms with Gasteiger partial charge in [0.2, 0.25) is 5.91 Å². The highest BCUT2D eigenvalue weighted by atomic mass is 35.5. The fraction of sp³-hybridized carbons (Fsp3) is 0.182. The molecule has 2 heterocycles. The average Bonchev–Trinajstić information content (AvgIpc) is 3.29. The second kappa shape index (κ2) is 7.98. The second-order valence-electron chi connectivity index (χ2n) is 7.32. The summed E-state index contributed by atoms with van der Waals surface area (Å²) in [5.74, 6) is -5.10. The van der Waals surface area contributed by atoms with Crippen molar-refractivity contribution in [3.8, 4) is 0 Å². The van der Waals surface area contributed by atoms with Gasteiger partial charge in [-0.05, 0) is 54.9 Å². The Morgan fingerprint density at radius 2 is 1.72 bits per heavy atom. The van der Waals surface area contributed by atoms with E-state index < -0.39 is 40.6 Å². The first-order chi connectivity index (χ1) is 15.2. The molecule has 5 nitrogen and oxygen atoms in total. The van der Waals surface area contributed by atoms with Gasteiger partial charge in [-0.3, -0.25) is 4.79 Å². The lowest BCUT2D eigenvalue weighted by molar-refractivity contribution is -0.125. The quantitative estimate of drug-likeness (QED) is 0.551. The number of rotatable bonds is 4. The Labute approximate surface area is 185 Å². The van der Waals surface area contributed by atoms with Gasteiger partial charge in [-0.2, -0.15) is 5.10 Å². The number of furan rings is 1. The van der Waals surface area contributed by atoms with Gasteiger partial charge < -0.3 is 9.73 Å². The number of anilines is 1. The van der Waals surface area contributed by atoms with E-state index in [9.17, 15) is 22.4 Å². The van der Waals surface area contributed by atoms with Crippen molar-refractivity contribution >= 4 is 28.9 Å². The molecule has 2 aromatic carbocycles. The molecule has 0 fully saturated rings. The molecule has 0 saturated carbocycles. The standard InChI is InChI=1S/C22H16ClF4N3O2/c1-22(21(31)28-2)19(17-7-8-18(23)32-17)20(13-5-3-11(24)9-14(13)26)29-30(22)16-6-4-12(25)10-15(16)27/h3-10,19H,1-2H3,(H,28,31). The number of nitrogens with one attached hydrogen (secondary N) is 1. The summed E-state index contributed by atoms with van der Waals surface area (Å²) in [4.78, 5) is 13.2. The van der Waals surface area contributed by atoms with E-state index >= 15 is 0 Å². The summed E-state index contributed by atoms with van der Waals surface area (Å²) in [7, 11) is 1.37. The molecule has 1 aliphatic rings. The summed E-state index contributed by atoms with van der Waals surface area (Å²) in [5, 5.41) is 7.91. The second-order valence-corrected chi connectivity index (χ2v) is 7.69. The Kier molecular flexibility index (Phi) is 5.46. The minimum atomic E-state index is -1.69. The number of halogens is 5. The zero-order chi connectivity index (χ0) is 23.2. The lowest BCUT2D eigenvalue weighted by Crippen LogP contribution is -2.56. The molecule has 2 unspecified atom stereocenters. The molecular formula is C22H16ClF4N3O2. The Morgan fingerprint density at radius 3 is 2.28 bits per heavy atom. The van der Waals surface area contributed by atoms with Crippen molar-refractivity contribution in [3.05, 3.63) is 88.3 Å². The van der Waals surface area contributed by atoms with Crippen LogP contribution in [0.25, 0.3) is 0 Å². The topological polar surface area (TPSA) is 57.8 Å². The van der Waals surface area contributed by atoms with Gasteiger partial charge in [0.15, 0.2) is 16.6 Å². The first-order valence-corrected chi connectivity index (χ1v) is 9.81. The number of nitrogens with zero attached hydrogens (tertiary/aromatic N) is 2. The maximum Gasteiger partial charge on any atom is 0.248 e. The predicted molar refractivity (Wildman–Crippen MR) is 111 cm³/mol. The molecule has 0 spiro atoms. The van der Waals surface area contributed by atoms with Gasteiger partial charge in [0.05, 0.1) is 17.3 Å². The van der Waals surface area contributed by atoms with E-state index in [0.29, 0.717) is 12.1 Å². The maximum absolute atomic E-state index is 14.8. The molecule has 1 aliphatic heterocycles. The zero-order valence-electron chi connectivity index (χ0n) is 16.8. The van der Waals surface area contributed by atoms with E-state index in [-0.39, 0.29) is 27.9 Å². The van der Waals surface area contributed by atoms with Crippen LogP contribution in [0, 0.1) is 23.3 Å². The summed E-state index contributed by atoms with van der Waals surface area (Å²) >= 11 is 5.94. The lowest BCUT2D eigenvalue weighted by atomic mass is 9.78. The van der Waals surface area contributed by atoms with Crippen LogP contribution in [0.2, 0.25) is 5.22 Å². The summed E-state index contributed by atoms with van der Waals surface area (Å²) in [6, 6.07) is 8.55. The minimum absolute atomic E-state index is 0.00426. The largest absolute Gasteiger partial charge is 0.449 e. The van der Waals surface area contributed by atoms with Crippen molar-refractivity contribution in [2.45, 2.75) is 18.4 Å². The highest BCUT2D eigenvalue weighted by Gasteiger charge is 2.56. The van der Waals surface area contributed by atoms with Gasteiger partial charge in [-0.15, -0.1) is 0 Å². The SMILES string of the molecule is CNC(=O)C1(C)C(c2ccc(Cl)o2)C(c2ccc(F)cc2F)=NN1c1ccc(F)cc1F. The van der Waals surface area contributed by atoms with Gasteiger partial charge >= 0.3 is 0 Å². The van der Waals surface area contributed by atoms with Crippen LogP contribution in [0.1, 0.15) is 24.2 Å². The van der Waals surface area contributed by atoms with E-state index in [4.69, 9.17) is 16.0 Å². The monoisotopic (exact) mass is 465 g/mol. The minimum Gasteiger partial charge on any atom is -0.449 e. The van der Waals surface area contributed by atoms with Crippen LogP contribution in [0.3, 0.4) is 0 Å². The fourth-order valence-corrected chi connectivity index (χ4v) is 4.05. The third-order valence-electron chi connectivity index (χ3n) is 5.39. The average molecular weight is 466 g/mol. The molecular weight excluding hydrogens is 450 g/mol. The van der Waals surface area contributed by atoms with Crippen molar-refractivity contribution in [3.63, 3.8) is 0 Å². The Hall–Kier alpha value is -3.33. The van der Waals surface area contributed by atoms with Gasteiger partial charge in [-0.1, -0.05) is 0 Å². The van der Waals surface area contributed by atoms with Crippen LogP contribution < -0.4 is 10.3 Å². The molecule has 3 aromatic rings. The maximum atomic E-state index is 14.8. The molecule has 1 amide bonds. The van der Waals surface area contributed by atoms with Crippen LogP contribution in [-0.2, 0) is 4.79 Å². The van der Waals surface area contributed by atoms with E-state index in [1.807, 2.05) is 0 Å². The first kappa shape index (κ1) is 21.9. The fourth-order valence-electron chi connectivity index (χ4n) is 3.90. The number of likely N-dealkylation sites (N-methyl/N-ethyl adjacent to an activating group) is 1. The van der Waals surface area contributed by atoms with Crippen molar-refractivity contribution in [1.29, 1.82) is 0 Å². The molecule has 10 heteroatoms. The highest BCUT2D eigenvalue weighted by Crippen LogP contribution is 2.46. The van der Waals surface area contributed by atoms with Crippen molar-refractivity contribution < 1.29 is 26.8 Å². The molecule has 0 radical (unpaired) electrons. The summed E-state index contributed by atoms with van der Waals surface area (Å²) in [6.45, 7) is 1.45. The zero-order valence-corrected chi connectivity index (χ0v) is 17.6. The first-order valence-electron chi connectivity index (χ1n) is 9.43. The molecule has 0 bridgehead atoms. The van der Waals surface area contributed by atoms with Crippen LogP contribution in [-0.4, -0.2) is 24.2 Å². The van der Waals surface area contributed by atoms with E-state index in [1.54, 1.807) is 0 Å². The van der Waals surface area contributed by atoms with Crippen LogP contribution in [0.15, 0.2) is 58.0 Å². The number of carbonyl (C=O) groups is 1. The molecule has 166 valence electrons. The summed E-state index contributed by atoms with van der Waals surface area (Å²) in [6.07, 6.45) is 0. The van der Waals surface area contributed by atoms with Crippen molar-refractivity contribution in [2.24, 2.45) is 5.10 Å². The Bertz CT molecular complexity index is 1250. The molecule has 0 aliphatic carbocycles. The number of benzene rings is 2. The van der Waals surface area contributed by atoms with Crippen LogP contribution in [0.5, 0.6) is 0 Å². The van der Waals surface area contributed by atoms with Gasteiger partial charge in [0.1, 0.15) is 23.2 Å². The molecule has 2 atom stereocenters. The Morgan fingerprint density at radius 1 is 1.06 bits per heavy atom. The lowest BCUT2D eigenvalue weighted by Gasteiger charge is -2.36. The van der Waals surface area contributed by atoms with E-state index in [1.165, 1.54) is 26.1 Å². The normalized spacial score (nSPS) is 20.4. The number of hydrogen-bond donors (Lipinski definition) is 1. The van der Waals surface area contributed by atoms with Gasteiger partial charge in [-0.25, -0.2) is 22.6 Å². The van der Waals surface area contributed by atoms with Gasteiger partial charge in [0.25, 0.3) is 0 Å².